The fourth-order valence-electron chi connectivity index (χ4n) is 2.75. The SMILES string of the molecule is CC(C)c1ccc(-n2cnnc2SCC(=O)N(C)Cc2cccc(F)c2)cc1. The first kappa shape index (κ1) is 20.1. The number of aromatic nitrogens is 3. The Morgan fingerprint density at radius 3 is 2.64 bits per heavy atom. The maximum absolute atomic E-state index is 13.3. The molecule has 0 saturated carbocycles. The van der Waals surface area contributed by atoms with Gasteiger partial charge in [-0.3, -0.25) is 9.36 Å². The van der Waals surface area contributed by atoms with Crippen molar-refractivity contribution in [3.05, 3.63) is 71.8 Å². The molecule has 3 rings (SSSR count). The van der Waals surface area contributed by atoms with Gasteiger partial charge in [0.15, 0.2) is 5.16 Å². The highest BCUT2D eigenvalue weighted by Gasteiger charge is 2.14. The zero-order valence-corrected chi connectivity index (χ0v) is 17.0. The van der Waals surface area contributed by atoms with Crippen LogP contribution in [-0.4, -0.2) is 38.4 Å². The third-order valence-electron chi connectivity index (χ3n) is 4.41. The first-order valence-electron chi connectivity index (χ1n) is 9.05. The van der Waals surface area contributed by atoms with Gasteiger partial charge in [-0.25, -0.2) is 4.39 Å². The standard InChI is InChI=1S/C21H23FN4OS/c1-15(2)17-7-9-19(10-8-17)26-14-23-24-21(26)28-13-20(27)25(3)12-16-5-4-6-18(22)11-16/h4-11,14-15H,12-13H2,1-3H3. The van der Waals surface area contributed by atoms with Crippen LogP contribution in [0.15, 0.2) is 60.0 Å². The summed E-state index contributed by atoms with van der Waals surface area (Å²) in [7, 11) is 1.71. The lowest BCUT2D eigenvalue weighted by atomic mass is 10.0. The van der Waals surface area contributed by atoms with Crippen LogP contribution in [0.2, 0.25) is 0 Å². The number of carbonyl (C=O) groups is 1. The number of benzene rings is 2. The van der Waals surface area contributed by atoms with Gasteiger partial charge in [0, 0.05) is 19.3 Å². The fraction of sp³-hybridized carbons (Fsp3) is 0.286. The summed E-state index contributed by atoms with van der Waals surface area (Å²) in [4.78, 5) is 14.0. The smallest absolute Gasteiger partial charge is 0.233 e. The zero-order valence-electron chi connectivity index (χ0n) is 16.2. The highest BCUT2D eigenvalue weighted by molar-refractivity contribution is 7.99. The summed E-state index contributed by atoms with van der Waals surface area (Å²) in [6, 6.07) is 14.5. The predicted molar refractivity (Wildman–Crippen MR) is 109 cm³/mol. The van der Waals surface area contributed by atoms with E-state index in [0.717, 1.165) is 11.3 Å². The van der Waals surface area contributed by atoms with E-state index in [1.807, 2.05) is 16.7 Å². The predicted octanol–water partition coefficient (Wildman–Crippen LogP) is 4.28. The number of hydrogen-bond donors (Lipinski definition) is 0. The largest absolute Gasteiger partial charge is 0.341 e. The number of halogens is 1. The van der Waals surface area contributed by atoms with Crippen molar-refractivity contribution in [3.63, 3.8) is 0 Å². The highest BCUT2D eigenvalue weighted by Crippen LogP contribution is 2.22. The number of carbonyl (C=O) groups excluding carboxylic acids is 1. The summed E-state index contributed by atoms with van der Waals surface area (Å²) in [5.74, 6) is 0.340. The molecule has 0 fully saturated rings. The number of amides is 1. The second-order valence-corrected chi connectivity index (χ2v) is 7.84. The summed E-state index contributed by atoms with van der Waals surface area (Å²) in [5.41, 5.74) is 2.98. The van der Waals surface area contributed by atoms with Gasteiger partial charge in [0.1, 0.15) is 12.1 Å². The average Bonchev–Trinajstić information content (AvgIpc) is 3.14. The van der Waals surface area contributed by atoms with Gasteiger partial charge < -0.3 is 4.90 Å². The van der Waals surface area contributed by atoms with Gasteiger partial charge in [0.2, 0.25) is 5.91 Å². The molecule has 1 aromatic heterocycles. The lowest BCUT2D eigenvalue weighted by molar-refractivity contribution is -0.127. The Labute approximate surface area is 168 Å². The van der Waals surface area contributed by atoms with Crippen molar-refractivity contribution in [2.24, 2.45) is 0 Å². The fourth-order valence-corrected chi connectivity index (χ4v) is 3.62. The topological polar surface area (TPSA) is 51.0 Å². The first-order chi connectivity index (χ1) is 13.4. The molecule has 28 heavy (non-hydrogen) atoms. The monoisotopic (exact) mass is 398 g/mol. The van der Waals surface area contributed by atoms with Gasteiger partial charge in [-0.2, -0.15) is 0 Å². The van der Waals surface area contributed by atoms with Gasteiger partial charge in [-0.15, -0.1) is 10.2 Å². The van der Waals surface area contributed by atoms with Crippen molar-refractivity contribution < 1.29 is 9.18 Å². The molecule has 0 N–H and O–H groups in total. The number of thioether (sulfide) groups is 1. The molecule has 0 spiro atoms. The number of nitrogens with zero attached hydrogens (tertiary/aromatic N) is 4. The van der Waals surface area contributed by atoms with E-state index in [1.165, 1.54) is 29.5 Å². The molecule has 0 radical (unpaired) electrons. The minimum absolute atomic E-state index is 0.0565. The molecule has 0 unspecified atom stereocenters. The van der Waals surface area contributed by atoms with Crippen molar-refractivity contribution in [1.29, 1.82) is 0 Å². The summed E-state index contributed by atoms with van der Waals surface area (Å²) >= 11 is 1.33. The summed E-state index contributed by atoms with van der Waals surface area (Å²) in [6.07, 6.45) is 1.65. The molecule has 2 aromatic carbocycles. The molecule has 0 aliphatic rings. The van der Waals surface area contributed by atoms with Crippen LogP contribution in [0.4, 0.5) is 4.39 Å². The number of rotatable bonds is 7. The van der Waals surface area contributed by atoms with Crippen molar-refractivity contribution in [3.8, 4) is 5.69 Å². The van der Waals surface area contributed by atoms with Crippen LogP contribution in [0, 0.1) is 5.82 Å². The molecular weight excluding hydrogens is 375 g/mol. The van der Waals surface area contributed by atoms with E-state index in [2.05, 4.69) is 36.2 Å². The minimum atomic E-state index is -0.302. The van der Waals surface area contributed by atoms with Gasteiger partial charge in [-0.1, -0.05) is 49.9 Å². The van der Waals surface area contributed by atoms with Crippen LogP contribution in [0.3, 0.4) is 0 Å². The molecule has 0 aliphatic carbocycles. The summed E-state index contributed by atoms with van der Waals surface area (Å²) < 4.78 is 15.2. The molecular formula is C21H23FN4OS. The summed E-state index contributed by atoms with van der Waals surface area (Å²) in [5, 5.41) is 8.77. The molecule has 3 aromatic rings. The van der Waals surface area contributed by atoms with Crippen LogP contribution in [0.25, 0.3) is 5.69 Å². The van der Waals surface area contributed by atoms with Crippen molar-refractivity contribution >= 4 is 17.7 Å². The lowest BCUT2D eigenvalue weighted by Gasteiger charge is -2.17. The second kappa shape index (κ2) is 9.01. The zero-order chi connectivity index (χ0) is 20.1. The Balaban J connectivity index is 1.62. The molecule has 1 amide bonds. The quantitative estimate of drug-likeness (QED) is 0.558. The normalized spacial score (nSPS) is 11.0. The number of hydrogen-bond acceptors (Lipinski definition) is 4. The Kier molecular flexibility index (Phi) is 6.46. The van der Waals surface area contributed by atoms with Crippen LogP contribution >= 0.6 is 11.8 Å². The molecule has 5 nitrogen and oxygen atoms in total. The van der Waals surface area contributed by atoms with Gasteiger partial charge >= 0.3 is 0 Å². The molecule has 7 heteroatoms. The van der Waals surface area contributed by atoms with E-state index in [4.69, 9.17) is 0 Å². The van der Waals surface area contributed by atoms with Crippen molar-refractivity contribution in [2.45, 2.75) is 31.5 Å². The van der Waals surface area contributed by atoms with Gasteiger partial charge in [0.25, 0.3) is 0 Å². The van der Waals surface area contributed by atoms with Crippen molar-refractivity contribution in [2.75, 3.05) is 12.8 Å². The van der Waals surface area contributed by atoms with Crippen molar-refractivity contribution in [1.82, 2.24) is 19.7 Å². The molecule has 0 saturated heterocycles. The van der Waals surface area contributed by atoms with Gasteiger partial charge in [0.05, 0.1) is 5.75 Å². The van der Waals surface area contributed by atoms with E-state index in [9.17, 15) is 9.18 Å². The lowest BCUT2D eigenvalue weighted by Crippen LogP contribution is -2.27. The minimum Gasteiger partial charge on any atom is -0.341 e. The maximum atomic E-state index is 13.3. The third-order valence-corrected chi connectivity index (χ3v) is 5.34. The van der Waals surface area contributed by atoms with Crippen LogP contribution in [-0.2, 0) is 11.3 Å². The molecule has 0 bridgehead atoms. The highest BCUT2D eigenvalue weighted by atomic mass is 32.2. The third kappa shape index (κ3) is 4.98. The van der Waals surface area contributed by atoms with E-state index in [1.54, 1.807) is 30.4 Å². The van der Waals surface area contributed by atoms with E-state index >= 15 is 0 Å². The van der Waals surface area contributed by atoms with Crippen LogP contribution < -0.4 is 0 Å². The molecule has 0 atom stereocenters. The Morgan fingerprint density at radius 1 is 1.21 bits per heavy atom. The molecule has 1 heterocycles. The van der Waals surface area contributed by atoms with E-state index in [-0.39, 0.29) is 17.5 Å². The Morgan fingerprint density at radius 2 is 1.96 bits per heavy atom. The summed E-state index contributed by atoms with van der Waals surface area (Å²) in [6.45, 7) is 4.67. The Bertz CT molecular complexity index is 940. The van der Waals surface area contributed by atoms with Crippen LogP contribution in [0.5, 0.6) is 0 Å². The average molecular weight is 399 g/mol. The maximum Gasteiger partial charge on any atom is 0.233 e. The van der Waals surface area contributed by atoms with E-state index in [0.29, 0.717) is 17.6 Å². The van der Waals surface area contributed by atoms with Crippen LogP contribution in [0.1, 0.15) is 30.9 Å². The van der Waals surface area contributed by atoms with Gasteiger partial charge in [-0.05, 0) is 41.3 Å². The molecule has 146 valence electrons. The van der Waals surface area contributed by atoms with E-state index < -0.39 is 0 Å². The first-order valence-corrected chi connectivity index (χ1v) is 10.0. The second-order valence-electron chi connectivity index (χ2n) is 6.90. The molecule has 0 aliphatic heterocycles. The Hall–Kier alpha value is -2.67.